The second-order valence-corrected chi connectivity index (χ2v) is 4.34. The van der Waals surface area contributed by atoms with E-state index in [2.05, 4.69) is 64.1 Å². The average Bonchev–Trinajstić information content (AvgIpc) is 2.18. The van der Waals surface area contributed by atoms with Crippen LogP contribution in [0.4, 0.5) is 0 Å². The van der Waals surface area contributed by atoms with Gasteiger partial charge in [0.1, 0.15) is 0 Å². The fraction of sp³-hybridized carbons (Fsp3) is 0.333. The fourth-order valence-electron chi connectivity index (χ4n) is 1.48. The highest BCUT2D eigenvalue weighted by Gasteiger charge is 1.94. The normalized spacial score (nSPS) is 11.3. The molecule has 1 rings (SSSR count). The molecule has 0 aliphatic rings. The maximum Gasteiger partial charge on any atom is -0.00667 e. The van der Waals surface area contributed by atoms with Crippen molar-refractivity contribution >= 4 is 0 Å². The Morgan fingerprint density at radius 1 is 1.00 bits per heavy atom. The van der Waals surface area contributed by atoms with E-state index in [0.29, 0.717) is 0 Å². The third kappa shape index (κ3) is 4.16. The molecule has 15 heavy (non-hydrogen) atoms. The zero-order valence-electron chi connectivity index (χ0n) is 10.2. The van der Waals surface area contributed by atoms with Crippen LogP contribution in [0.1, 0.15) is 33.3 Å². The van der Waals surface area contributed by atoms with Crippen molar-refractivity contribution in [2.24, 2.45) is 0 Å². The smallest absolute Gasteiger partial charge is 0.00667 e. The molecule has 0 nitrogen and oxygen atoms in total. The van der Waals surface area contributed by atoms with Gasteiger partial charge in [-0.2, -0.15) is 0 Å². The average molecular weight is 200 g/mol. The van der Waals surface area contributed by atoms with Crippen LogP contribution in [0.2, 0.25) is 0 Å². The highest BCUT2D eigenvalue weighted by Crippen LogP contribution is 2.11. The first-order valence-corrected chi connectivity index (χ1v) is 5.45. The minimum Gasteiger partial charge on any atom is -0.0735 e. The van der Waals surface area contributed by atoms with Crippen molar-refractivity contribution in [3.8, 4) is 0 Å². The van der Waals surface area contributed by atoms with Crippen molar-refractivity contribution in [3.63, 3.8) is 0 Å². The van der Waals surface area contributed by atoms with Gasteiger partial charge in [-0.3, -0.25) is 0 Å². The molecule has 0 N–H and O–H groups in total. The summed E-state index contributed by atoms with van der Waals surface area (Å²) in [4.78, 5) is 0. The first-order valence-electron chi connectivity index (χ1n) is 5.45. The maximum absolute atomic E-state index is 2.28. The lowest BCUT2D eigenvalue weighted by molar-refractivity contribution is 1.13. The fourth-order valence-corrected chi connectivity index (χ4v) is 1.48. The van der Waals surface area contributed by atoms with Crippen molar-refractivity contribution in [1.82, 2.24) is 0 Å². The molecule has 0 unspecified atom stereocenters. The highest BCUT2D eigenvalue weighted by molar-refractivity contribution is 5.28. The number of hydrogen-bond acceptors (Lipinski definition) is 0. The third-order valence-corrected chi connectivity index (χ3v) is 2.58. The monoisotopic (exact) mass is 200 g/mol. The van der Waals surface area contributed by atoms with Crippen LogP contribution in [-0.2, 0) is 6.42 Å². The van der Waals surface area contributed by atoms with Gasteiger partial charge in [-0.1, -0.05) is 53.1 Å². The van der Waals surface area contributed by atoms with Crippen molar-refractivity contribution in [1.29, 1.82) is 0 Å². The molecule has 0 radical (unpaired) electrons. The van der Waals surface area contributed by atoms with Crippen LogP contribution < -0.4 is 0 Å². The summed E-state index contributed by atoms with van der Waals surface area (Å²) in [5, 5.41) is 0. The van der Waals surface area contributed by atoms with Crippen LogP contribution in [0.25, 0.3) is 0 Å². The summed E-state index contributed by atoms with van der Waals surface area (Å²) in [5.41, 5.74) is 5.57. The summed E-state index contributed by atoms with van der Waals surface area (Å²) in [5.74, 6) is 0. The highest BCUT2D eigenvalue weighted by atomic mass is 14.0. The molecule has 0 aliphatic heterocycles. The zero-order valence-corrected chi connectivity index (χ0v) is 10.2. The topological polar surface area (TPSA) is 0 Å². The van der Waals surface area contributed by atoms with Crippen molar-refractivity contribution in [2.75, 3.05) is 0 Å². The lowest BCUT2D eigenvalue weighted by Gasteiger charge is -2.03. The van der Waals surface area contributed by atoms with E-state index in [1.54, 1.807) is 0 Å². The number of hydrogen-bond donors (Lipinski definition) is 0. The first kappa shape index (κ1) is 11.8. The summed E-state index contributed by atoms with van der Waals surface area (Å²) in [6.07, 6.45) is 3.33. The predicted octanol–water partition coefficient (Wildman–Crippen LogP) is 4.53. The number of benzene rings is 1. The Balaban J connectivity index is 2.72. The van der Waals surface area contributed by atoms with Gasteiger partial charge in [0.2, 0.25) is 0 Å². The molecule has 80 valence electrons. The molecule has 0 heteroatoms. The van der Waals surface area contributed by atoms with Gasteiger partial charge in [-0.05, 0) is 39.7 Å². The van der Waals surface area contributed by atoms with Gasteiger partial charge in [0.05, 0.1) is 0 Å². The van der Waals surface area contributed by atoms with Crippen LogP contribution in [0, 0.1) is 0 Å². The Hall–Kier alpha value is -1.30. The molecule has 0 heterocycles. The lowest BCUT2D eigenvalue weighted by atomic mass is 10.0. The molecular formula is C15H20. The second-order valence-electron chi connectivity index (χ2n) is 4.34. The standard InChI is InChI=1S/C15H20/c1-12(2)14(4)10-13(3)11-15-8-6-5-7-9-15/h5-10H,11H2,1-4H3/b13-10+. The van der Waals surface area contributed by atoms with Crippen LogP contribution in [0.5, 0.6) is 0 Å². The summed E-state index contributed by atoms with van der Waals surface area (Å²) in [6.45, 7) is 8.67. The molecule has 0 aliphatic carbocycles. The Morgan fingerprint density at radius 3 is 2.13 bits per heavy atom. The van der Waals surface area contributed by atoms with Gasteiger partial charge < -0.3 is 0 Å². The van der Waals surface area contributed by atoms with Gasteiger partial charge in [0.15, 0.2) is 0 Å². The van der Waals surface area contributed by atoms with Gasteiger partial charge in [-0.25, -0.2) is 0 Å². The maximum atomic E-state index is 2.28. The van der Waals surface area contributed by atoms with E-state index < -0.39 is 0 Å². The van der Waals surface area contributed by atoms with Gasteiger partial charge >= 0.3 is 0 Å². The van der Waals surface area contributed by atoms with E-state index in [1.807, 2.05) is 0 Å². The van der Waals surface area contributed by atoms with Gasteiger partial charge in [0.25, 0.3) is 0 Å². The second kappa shape index (κ2) is 5.55. The number of allylic oxidation sites excluding steroid dienone is 4. The zero-order chi connectivity index (χ0) is 11.3. The van der Waals surface area contributed by atoms with Crippen LogP contribution in [0.15, 0.2) is 53.1 Å². The molecule has 1 aromatic carbocycles. The Bertz CT molecular complexity index is 362. The van der Waals surface area contributed by atoms with Gasteiger partial charge in [-0.15, -0.1) is 0 Å². The van der Waals surface area contributed by atoms with E-state index in [0.717, 1.165) is 6.42 Å². The Morgan fingerprint density at radius 2 is 1.60 bits per heavy atom. The lowest BCUT2D eigenvalue weighted by Crippen LogP contribution is -1.87. The van der Waals surface area contributed by atoms with E-state index in [1.165, 1.54) is 22.3 Å². The molecule has 0 amide bonds. The minimum absolute atomic E-state index is 1.05. The Labute approximate surface area is 93.3 Å². The van der Waals surface area contributed by atoms with Gasteiger partial charge in [0, 0.05) is 0 Å². The third-order valence-electron chi connectivity index (χ3n) is 2.58. The quantitative estimate of drug-likeness (QED) is 0.629. The molecule has 0 saturated heterocycles. The van der Waals surface area contributed by atoms with E-state index in [9.17, 15) is 0 Å². The molecule has 0 spiro atoms. The SMILES string of the molecule is CC(C)=C(C)/C=C(\C)Cc1ccccc1. The largest absolute Gasteiger partial charge is 0.0735 e. The van der Waals surface area contributed by atoms with Crippen molar-refractivity contribution < 1.29 is 0 Å². The summed E-state index contributed by atoms with van der Waals surface area (Å²) in [7, 11) is 0. The molecule has 0 bridgehead atoms. The molecule has 0 saturated carbocycles. The van der Waals surface area contributed by atoms with E-state index >= 15 is 0 Å². The molecule has 0 fully saturated rings. The Kier molecular flexibility index (Phi) is 4.36. The summed E-state index contributed by atoms with van der Waals surface area (Å²) >= 11 is 0. The molecule has 1 aromatic rings. The van der Waals surface area contributed by atoms with Crippen molar-refractivity contribution in [2.45, 2.75) is 34.1 Å². The molecule has 0 aromatic heterocycles. The van der Waals surface area contributed by atoms with Crippen molar-refractivity contribution in [3.05, 3.63) is 58.7 Å². The number of rotatable bonds is 3. The van der Waals surface area contributed by atoms with E-state index in [4.69, 9.17) is 0 Å². The predicted molar refractivity (Wildman–Crippen MR) is 68.0 cm³/mol. The first-order chi connectivity index (χ1) is 7.09. The van der Waals surface area contributed by atoms with Crippen LogP contribution in [0.3, 0.4) is 0 Å². The minimum atomic E-state index is 1.05. The molecule has 0 atom stereocenters. The van der Waals surface area contributed by atoms with Crippen LogP contribution >= 0.6 is 0 Å². The van der Waals surface area contributed by atoms with E-state index in [-0.39, 0.29) is 0 Å². The summed E-state index contributed by atoms with van der Waals surface area (Å²) in [6, 6.07) is 10.6. The summed E-state index contributed by atoms with van der Waals surface area (Å²) < 4.78 is 0. The molecular weight excluding hydrogens is 180 g/mol. The van der Waals surface area contributed by atoms with Crippen LogP contribution in [-0.4, -0.2) is 0 Å².